The van der Waals surface area contributed by atoms with Gasteiger partial charge >= 0.3 is 0 Å². The van der Waals surface area contributed by atoms with Crippen molar-refractivity contribution in [3.8, 4) is 0 Å². The number of nitrogens with zero attached hydrogens (tertiary/aromatic N) is 3. The molecule has 0 aliphatic carbocycles. The van der Waals surface area contributed by atoms with E-state index in [1.54, 1.807) is 19.3 Å². The summed E-state index contributed by atoms with van der Waals surface area (Å²) in [7, 11) is 3.53. The third-order valence-electron chi connectivity index (χ3n) is 3.54. The maximum absolute atomic E-state index is 11.7. The Morgan fingerprint density at radius 2 is 2.12 bits per heavy atom. The van der Waals surface area contributed by atoms with Crippen LogP contribution in [0.3, 0.4) is 0 Å². The van der Waals surface area contributed by atoms with Gasteiger partial charge in [0, 0.05) is 32.4 Å². The Kier molecular flexibility index (Phi) is 6.36. The van der Waals surface area contributed by atoms with Crippen LogP contribution in [-0.4, -0.2) is 35.2 Å². The van der Waals surface area contributed by atoms with Crippen LogP contribution in [0.2, 0.25) is 0 Å². The van der Waals surface area contributed by atoms with Gasteiger partial charge in [0.25, 0.3) is 5.91 Å². The molecule has 0 saturated carbocycles. The maximum atomic E-state index is 11.7. The van der Waals surface area contributed by atoms with Crippen LogP contribution < -0.4 is 16.0 Å². The number of amides is 1. The van der Waals surface area contributed by atoms with Gasteiger partial charge in [0.1, 0.15) is 0 Å². The molecular formula is C17H24N6O. The summed E-state index contributed by atoms with van der Waals surface area (Å²) in [5.41, 5.74) is 2.69. The topological polar surface area (TPSA) is 83.3 Å². The lowest BCUT2D eigenvalue weighted by molar-refractivity contribution is 0.0963. The third kappa shape index (κ3) is 4.84. The predicted octanol–water partition coefficient (Wildman–Crippen LogP) is 1.03. The highest BCUT2D eigenvalue weighted by molar-refractivity contribution is 5.94. The highest BCUT2D eigenvalue weighted by Gasteiger charge is 2.04. The lowest BCUT2D eigenvalue weighted by Crippen LogP contribution is -2.37. The van der Waals surface area contributed by atoms with Gasteiger partial charge in [-0.25, -0.2) is 4.99 Å². The number of benzene rings is 1. The van der Waals surface area contributed by atoms with Crippen LogP contribution in [0, 0.1) is 0 Å². The van der Waals surface area contributed by atoms with Crippen molar-refractivity contribution in [1.29, 1.82) is 0 Å². The molecule has 1 heterocycles. The van der Waals surface area contributed by atoms with Crippen molar-refractivity contribution in [2.75, 3.05) is 13.6 Å². The summed E-state index contributed by atoms with van der Waals surface area (Å²) >= 11 is 0. The average molecular weight is 328 g/mol. The number of nitrogens with one attached hydrogen (secondary N) is 3. The number of carbonyl (C=O) groups is 1. The van der Waals surface area contributed by atoms with E-state index in [4.69, 9.17) is 0 Å². The first-order valence-electron chi connectivity index (χ1n) is 7.94. The number of aromatic nitrogens is 2. The summed E-state index contributed by atoms with van der Waals surface area (Å²) in [6, 6.07) is 9.43. The van der Waals surface area contributed by atoms with Crippen molar-refractivity contribution in [1.82, 2.24) is 25.7 Å². The largest absolute Gasteiger partial charge is 0.357 e. The monoisotopic (exact) mass is 328 g/mol. The molecule has 0 spiro atoms. The number of guanidine groups is 1. The molecule has 24 heavy (non-hydrogen) atoms. The van der Waals surface area contributed by atoms with Gasteiger partial charge in [-0.1, -0.05) is 12.1 Å². The Bertz CT molecular complexity index is 707. The van der Waals surface area contributed by atoms with E-state index in [-0.39, 0.29) is 5.91 Å². The van der Waals surface area contributed by atoms with Gasteiger partial charge in [0.15, 0.2) is 5.96 Å². The first kappa shape index (κ1) is 17.5. The molecule has 2 aromatic rings. The van der Waals surface area contributed by atoms with Crippen LogP contribution in [0.15, 0.2) is 41.5 Å². The fourth-order valence-electron chi connectivity index (χ4n) is 2.22. The lowest BCUT2D eigenvalue weighted by Gasteiger charge is -2.11. The zero-order valence-corrected chi connectivity index (χ0v) is 14.3. The number of aryl methyl sites for hydroxylation is 1. The quantitative estimate of drug-likeness (QED) is 0.546. The van der Waals surface area contributed by atoms with E-state index in [1.807, 2.05) is 42.9 Å². The number of hydrogen-bond donors (Lipinski definition) is 3. The first-order valence-corrected chi connectivity index (χ1v) is 7.94. The van der Waals surface area contributed by atoms with Crippen LogP contribution in [0.25, 0.3) is 0 Å². The number of rotatable bonds is 6. The summed E-state index contributed by atoms with van der Waals surface area (Å²) in [5.74, 6) is 0.631. The van der Waals surface area contributed by atoms with E-state index in [2.05, 4.69) is 26.0 Å². The lowest BCUT2D eigenvalue weighted by atomic mass is 10.1. The maximum Gasteiger partial charge on any atom is 0.251 e. The Hall–Kier alpha value is -2.83. The highest BCUT2D eigenvalue weighted by Crippen LogP contribution is 2.06. The van der Waals surface area contributed by atoms with Gasteiger partial charge in [-0.15, -0.1) is 0 Å². The van der Waals surface area contributed by atoms with Gasteiger partial charge in [0.05, 0.1) is 18.8 Å². The normalized spacial score (nSPS) is 11.2. The minimum Gasteiger partial charge on any atom is -0.357 e. The van der Waals surface area contributed by atoms with Gasteiger partial charge in [0.2, 0.25) is 0 Å². The molecule has 0 bridgehead atoms. The SMILES string of the molecule is CCNC(=NCc1cccc(C(=O)NC)c1)NCc1ccnn1C. The summed E-state index contributed by atoms with van der Waals surface area (Å²) in [5, 5.41) is 13.3. The van der Waals surface area contributed by atoms with Crippen LogP contribution in [0.4, 0.5) is 0 Å². The minimum atomic E-state index is -0.0953. The molecule has 1 aromatic heterocycles. The van der Waals surface area contributed by atoms with Crippen molar-refractivity contribution >= 4 is 11.9 Å². The number of aliphatic imine (C=N–C) groups is 1. The Balaban J connectivity index is 2.02. The minimum absolute atomic E-state index is 0.0953. The zero-order chi connectivity index (χ0) is 17.4. The van der Waals surface area contributed by atoms with E-state index in [0.717, 1.165) is 23.8 Å². The van der Waals surface area contributed by atoms with E-state index in [9.17, 15) is 4.79 Å². The van der Waals surface area contributed by atoms with Crippen LogP contribution >= 0.6 is 0 Å². The molecule has 0 aliphatic heterocycles. The molecule has 1 amide bonds. The second kappa shape index (κ2) is 8.71. The Morgan fingerprint density at radius 1 is 1.29 bits per heavy atom. The molecule has 7 nitrogen and oxygen atoms in total. The van der Waals surface area contributed by atoms with Gasteiger partial charge < -0.3 is 16.0 Å². The average Bonchev–Trinajstić information content (AvgIpc) is 3.02. The summed E-state index contributed by atoms with van der Waals surface area (Å²) < 4.78 is 1.82. The van der Waals surface area contributed by atoms with Crippen LogP contribution in [0.1, 0.15) is 28.5 Å². The summed E-state index contributed by atoms with van der Waals surface area (Å²) in [6.07, 6.45) is 1.77. The molecule has 3 N–H and O–H groups in total. The molecule has 0 atom stereocenters. The Morgan fingerprint density at radius 3 is 2.79 bits per heavy atom. The second-order valence-electron chi connectivity index (χ2n) is 5.27. The highest BCUT2D eigenvalue weighted by atomic mass is 16.1. The van der Waals surface area contributed by atoms with E-state index < -0.39 is 0 Å². The summed E-state index contributed by atoms with van der Waals surface area (Å²) in [4.78, 5) is 16.3. The van der Waals surface area contributed by atoms with E-state index >= 15 is 0 Å². The molecule has 128 valence electrons. The van der Waals surface area contributed by atoms with Crippen molar-refractivity contribution in [2.45, 2.75) is 20.0 Å². The van der Waals surface area contributed by atoms with Crippen LogP contribution in [-0.2, 0) is 20.1 Å². The fraction of sp³-hybridized carbons (Fsp3) is 0.353. The molecule has 2 rings (SSSR count). The van der Waals surface area contributed by atoms with E-state index in [1.165, 1.54) is 0 Å². The summed E-state index contributed by atoms with van der Waals surface area (Å²) in [6.45, 7) is 3.93. The van der Waals surface area contributed by atoms with E-state index in [0.29, 0.717) is 18.7 Å². The molecule has 0 radical (unpaired) electrons. The first-order chi connectivity index (χ1) is 11.6. The predicted molar refractivity (Wildman–Crippen MR) is 94.7 cm³/mol. The standard InChI is InChI=1S/C17H24N6O/c1-4-19-17(21-12-15-8-9-22-23(15)3)20-11-13-6-5-7-14(10-13)16(24)18-2/h5-10H,4,11-12H2,1-3H3,(H,18,24)(H2,19,20,21). The molecular weight excluding hydrogens is 304 g/mol. The zero-order valence-electron chi connectivity index (χ0n) is 14.3. The molecule has 0 fully saturated rings. The molecule has 0 saturated heterocycles. The fourth-order valence-corrected chi connectivity index (χ4v) is 2.22. The Labute approximate surface area is 142 Å². The number of carbonyl (C=O) groups excluding carboxylic acids is 1. The molecule has 0 aliphatic rings. The van der Waals surface area contributed by atoms with Gasteiger partial charge in [-0.05, 0) is 30.7 Å². The van der Waals surface area contributed by atoms with Gasteiger partial charge in [-0.2, -0.15) is 5.10 Å². The molecule has 7 heteroatoms. The molecule has 0 unspecified atom stereocenters. The third-order valence-corrected chi connectivity index (χ3v) is 3.54. The smallest absolute Gasteiger partial charge is 0.251 e. The van der Waals surface area contributed by atoms with Crippen molar-refractivity contribution in [3.05, 3.63) is 53.3 Å². The van der Waals surface area contributed by atoms with Gasteiger partial charge in [-0.3, -0.25) is 9.48 Å². The number of hydrogen-bond acceptors (Lipinski definition) is 3. The van der Waals surface area contributed by atoms with Crippen LogP contribution in [0.5, 0.6) is 0 Å². The van der Waals surface area contributed by atoms with Crippen molar-refractivity contribution in [2.24, 2.45) is 12.0 Å². The van der Waals surface area contributed by atoms with Crippen molar-refractivity contribution < 1.29 is 4.79 Å². The molecule has 1 aromatic carbocycles. The van der Waals surface area contributed by atoms with Crippen molar-refractivity contribution in [3.63, 3.8) is 0 Å². The second-order valence-corrected chi connectivity index (χ2v) is 5.27.